The molecule has 2 heterocycles. The van der Waals surface area contributed by atoms with Crippen LogP contribution in [-0.2, 0) is 10.0 Å². The van der Waals surface area contributed by atoms with Crippen LogP contribution < -0.4 is 14.2 Å². The van der Waals surface area contributed by atoms with Crippen molar-refractivity contribution < 1.29 is 17.9 Å². The van der Waals surface area contributed by atoms with Crippen molar-refractivity contribution in [1.29, 1.82) is 0 Å². The van der Waals surface area contributed by atoms with Crippen molar-refractivity contribution in [3.05, 3.63) is 95.4 Å². The number of sulfonamides is 1. The molecule has 0 saturated heterocycles. The Hall–Kier alpha value is -3.13. The van der Waals surface area contributed by atoms with Gasteiger partial charge in [0, 0.05) is 22.1 Å². The zero-order chi connectivity index (χ0) is 22.8. The summed E-state index contributed by atoms with van der Waals surface area (Å²) in [5, 5.41) is 1.08. The molecule has 1 aliphatic rings. The van der Waals surface area contributed by atoms with E-state index in [9.17, 15) is 8.42 Å². The molecule has 3 aromatic carbocycles. The molecule has 168 valence electrons. The summed E-state index contributed by atoms with van der Waals surface area (Å²) in [4.78, 5) is 1.04. The van der Waals surface area contributed by atoms with Crippen LogP contribution in [0.1, 0.15) is 28.5 Å². The average Bonchev–Trinajstić information content (AvgIpc) is 3.12. The lowest BCUT2D eigenvalue weighted by atomic mass is 9.99. The van der Waals surface area contributed by atoms with Crippen LogP contribution in [0, 0.1) is 0 Å². The number of nitrogens with one attached hydrogen (secondary N) is 1. The number of thiophene rings is 1. The summed E-state index contributed by atoms with van der Waals surface area (Å²) in [7, 11) is -3.88. The Labute approximate surface area is 197 Å². The van der Waals surface area contributed by atoms with Crippen molar-refractivity contribution in [3.8, 4) is 11.5 Å². The van der Waals surface area contributed by atoms with Crippen molar-refractivity contribution in [2.24, 2.45) is 0 Å². The highest BCUT2D eigenvalue weighted by Crippen LogP contribution is 2.37. The van der Waals surface area contributed by atoms with Gasteiger partial charge in [0.15, 0.2) is 11.5 Å². The lowest BCUT2D eigenvalue weighted by Gasteiger charge is -2.20. The molecule has 0 amide bonds. The lowest BCUT2D eigenvalue weighted by molar-refractivity contribution is 0.297. The number of ether oxygens (including phenoxy) is 2. The van der Waals surface area contributed by atoms with Crippen LogP contribution in [0.5, 0.6) is 11.5 Å². The molecule has 1 N–H and O–H groups in total. The van der Waals surface area contributed by atoms with Gasteiger partial charge in [0.2, 0.25) is 10.0 Å². The van der Waals surface area contributed by atoms with Crippen molar-refractivity contribution in [1.82, 2.24) is 4.72 Å². The number of rotatable bonds is 6. The normalized spacial score (nSPS) is 14.5. The first kappa shape index (κ1) is 21.7. The lowest BCUT2D eigenvalue weighted by Crippen LogP contribution is -2.29. The number of hydrogen-bond donors (Lipinski definition) is 1. The van der Waals surface area contributed by atoms with Gasteiger partial charge in [-0.05, 0) is 40.8 Å². The van der Waals surface area contributed by atoms with Gasteiger partial charge in [-0.2, -0.15) is 4.72 Å². The Morgan fingerprint density at radius 2 is 1.70 bits per heavy atom. The zero-order valence-electron chi connectivity index (χ0n) is 17.9. The topological polar surface area (TPSA) is 64.6 Å². The molecule has 0 unspecified atom stereocenters. The van der Waals surface area contributed by atoms with E-state index in [1.807, 2.05) is 54.6 Å². The van der Waals surface area contributed by atoms with Crippen molar-refractivity contribution in [2.75, 3.05) is 13.2 Å². The highest BCUT2D eigenvalue weighted by molar-refractivity contribution is 7.89. The molecule has 1 aromatic heterocycles. The number of fused-ring (bicyclic) bond motifs is 2. The largest absolute Gasteiger partial charge is 0.490 e. The molecule has 0 aliphatic carbocycles. The number of hydrogen-bond acceptors (Lipinski definition) is 5. The van der Waals surface area contributed by atoms with Gasteiger partial charge in [-0.1, -0.05) is 55.1 Å². The fourth-order valence-corrected chi connectivity index (χ4v) is 6.33. The summed E-state index contributed by atoms with van der Waals surface area (Å²) in [6, 6.07) is 21.9. The van der Waals surface area contributed by atoms with Crippen LogP contribution >= 0.6 is 11.3 Å². The Morgan fingerprint density at radius 3 is 2.52 bits per heavy atom. The van der Waals surface area contributed by atoms with Gasteiger partial charge < -0.3 is 9.47 Å². The molecular formula is C26H23NO4S2. The molecule has 33 heavy (non-hydrogen) atoms. The fraction of sp³-hybridized carbons (Fsp3) is 0.154. The Morgan fingerprint density at radius 1 is 0.939 bits per heavy atom. The van der Waals surface area contributed by atoms with E-state index in [-0.39, 0.29) is 4.90 Å². The summed E-state index contributed by atoms with van der Waals surface area (Å²) >= 11 is 1.57. The number of benzene rings is 3. The van der Waals surface area contributed by atoms with E-state index in [1.165, 1.54) is 6.07 Å². The van der Waals surface area contributed by atoms with Crippen molar-refractivity contribution >= 4 is 37.5 Å². The molecule has 5 rings (SSSR count). The molecule has 0 fully saturated rings. The van der Waals surface area contributed by atoms with Crippen LogP contribution in [0.4, 0.5) is 0 Å². The summed E-state index contributed by atoms with van der Waals surface area (Å²) in [6.45, 7) is 4.95. The first-order valence-electron chi connectivity index (χ1n) is 10.7. The van der Waals surface area contributed by atoms with Crippen LogP contribution in [-0.4, -0.2) is 21.6 Å². The second-order valence-electron chi connectivity index (χ2n) is 7.73. The second kappa shape index (κ2) is 9.02. The average molecular weight is 478 g/mol. The summed E-state index contributed by atoms with van der Waals surface area (Å²) < 4.78 is 42.5. The molecule has 0 bridgehead atoms. The fourth-order valence-electron chi connectivity index (χ4n) is 3.91. The third kappa shape index (κ3) is 4.39. The van der Waals surface area contributed by atoms with E-state index >= 15 is 0 Å². The second-order valence-corrected chi connectivity index (χ2v) is 10.6. The van der Waals surface area contributed by atoms with Gasteiger partial charge >= 0.3 is 0 Å². The quantitative estimate of drug-likeness (QED) is 0.383. The maximum Gasteiger partial charge on any atom is 0.241 e. The molecule has 0 radical (unpaired) electrons. The van der Waals surface area contributed by atoms with E-state index in [2.05, 4.69) is 11.3 Å². The van der Waals surface area contributed by atoms with Gasteiger partial charge in [0.1, 0.15) is 0 Å². The maximum absolute atomic E-state index is 13.5. The molecule has 1 atom stereocenters. The zero-order valence-corrected chi connectivity index (χ0v) is 19.5. The minimum atomic E-state index is -3.88. The van der Waals surface area contributed by atoms with Crippen LogP contribution in [0.3, 0.4) is 0 Å². The van der Waals surface area contributed by atoms with Crippen molar-refractivity contribution in [3.63, 3.8) is 0 Å². The van der Waals surface area contributed by atoms with Gasteiger partial charge in [0.05, 0.1) is 24.2 Å². The third-order valence-electron chi connectivity index (χ3n) is 5.56. The molecule has 5 nitrogen and oxygen atoms in total. The maximum atomic E-state index is 13.5. The predicted molar refractivity (Wildman–Crippen MR) is 133 cm³/mol. The summed E-state index contributed by atoms with van der Waals surface area (Å²) in [5.41, 5.74) is 1.72. The summed E-state index contributed by atoms with van der Waals surface area (Å²) in [6.07, 6.45) is 2.50. The Kier molecular flexibility index (Phi) is 5.93. The molecule has 1 aliphatic heterocycles. The highest BCUT2D eigenvalue weighted by atomic mass is 32.2. The van der Waals surface area contributed by atoms with E-state index in [0.29, 0.717) is 24.7 Å². The first-order chi connectivity index (χ1) is 16.0. The van der Waals surface area contributed by atoms with E-state index < -0.39 is 16.1 Å². The van der Waals surface area contributed by atoms with Gasteiger partial charge in [0.25, 0.3) is 0 Å². The molecule has 7 heteroatoms. The van der Waals surface area contributed by atoms with Gasteiger partial charge in [-0.3, -0.25) is 0 Å². The van der Waals surface area contributed by atoms with Crippen LogP contribution in [0.15, 0.2) is 84.3 Å². The minimum Gasteiger partial charge on any atom is -0.490 e. The molecular weight excluding hydrogens is 454 g/mol. The minimum absolute atomic E-state index is 0.133. The SMILES string of the molecule is C=Cc1ccccc1[C@H](NS(=O)(=O)c1ccc2c(c1)OCCCO2)c1cc2ccccc2s1. The third-order valence-corrected chi connectivity index (χ3v) is 8.16. The van der Waals surface area contributed by atoms with E-state index in [0.717, 1.165) is 32.5 Å². The highest BCUT2D eigenvalue weighted by Gasteiger charge is 2.27. The Bertz CT molecular complexity index is 1390. The smallest absolute Gasteiger partial charge is 0.241 e. The first-order valence-corrected chi connectivity index (χ1v) is 13.0. The predicted octanol–water partition coefficient (Wildman–Crippen LogP) is 5.77. The molecule has 4 aromatic rings. The molecule has 0 spiro atoms. The van der Waals surface area contributed by atoms with Gasteiger partial charge in [-0.15, -0.1) is 11.3 Å². The van der Waals surface area contributed by atoms with Crippen LogP contribution in [0.2, 0.25) is 0 Å². The van der Waals surface area contributed by atoms with E-state index in [4.69, 9.17) is 9.47 Å². The van der Waals surface area contributed by atoms with Gasteiger partial charge in [-0.25, -0.2) is 8.42 Å². The standard InChI is InChI=1S/C26H23NO4S2/c1-2-18-8-3-5-10-21(18)26(25-16-19-9-4-6-11-24(19)32-25)27-33(28,29)20-12-13-22-23(17-20)31-15-7-14-30-22/h2-6,8-13,16-17,26-27H,1,7,14-15H2/t26-/m0/s1. The van der Waals surface area contributed by atoms with Crippen LogP contribution in [0.25, 0.3) is 16.2 Å². The molecule has 0 saturated carbocycles. The van der Waals surface area contributed by atoms with E-state index in [1.54, 1.807) is 29.5 Å². The Balaban J connectivity index is 1.58. The van der Waals surface area contributed by atoms with Crippen molar-refractivity contribution in [2.45, 2.75) is 17.4 Å². The summed E-state index contributed by atoms with van der Waals surface area (Å²) in [5.74, 6) is 1.00. The monoisotopic (exact) mass is 477 g/mol.